The zero-order valence-electron chi connectivity index (χ0n) is 18.6. The topological polar surface area (TPSA) is 66.4 Å². The lowest BCUT2D eigenvalue weighted by molar-refractivity contribution is -0.135. The van der Waals surface area contributed by atoms with Crippen molar-refractivity contribution in [2.24, 2.45) is 17.3 Å². The highest BCUT2D eigenvalue weighted by molar-refractivity contribution is 5.95. The average Bonchev–Trinajstić information content (AvgIpc) is 3.46. The van der Waals surface area contributed by atoms with Crippen LogP contribution in [0, 0.1) is 24.2 Å². The highest BCUT2D eigenvalue weighted by atomic mass is 16.2. The standard InChI is InChI=1S/C24H34N4O2/c1-15(2)14-28-20(29)6-5-18-16(3)25-21(26-22(18)28)17-7-11-27(12-8-17)23(30)19-13-24(19)9-4-10-24/h15,17,19H,4-14H2,1-3H3. The van der Waals surface area contributed by atoms with E-state index in [2.05, 4.69) is 25.7 Å². The summed E-state index contributed by atoms with van der Waals surface area (Å²) in [4.78, 5) is 39.2. The van der Waals surface area contributed by atoms with Gasteiger partial charge in [0.05, 0.1) is 0 Å². The van der Waals surface area contributed by atoms with Gasteiger partial charge in [0.25, 0.3) is 0 Å². The molecule has 162 valence electrons. The molecule has 6 nitrogen and oxygen atoms in total. The smallest absolute Gasteiger partial charge is 0.228 e. The SMILES string of the molecule is Cc1nc(C2CCN(C(=O)C3CC34CCC4)CC2)nc2c1CCC(=O)N2CC(C)C. The fraction of sp³-hybridized carbons (Fsp3) is 0.750. The van der Waals surface area contributed by atoms with Gasteiger partial charge in [-0.3, -0.25) is 14.5 Å². The van der Waals surface area contributed by atoms with Crippen LogP contribution in [0.5, 0.6) is 0 Å². The maximum absolute atomic E-state index is 12.9. The molecule has 1 unspecified atom stereocenters. The number of aryl methyl sites for hydroxylation is 1. The van der Waals surface area contributed by atoms with Crippen molar-refractivity contribution in [1.82, 2.24) is 14.9 Å². The molecule has 30 heavy (non-hydrogen) atoms. The lowest BCUT2D eigenvalue weighted by Crippen LogP contribution is -2.41. The molecule has 1 aromatic heterocycles. The highest BCUT2D eigenvalue weighted by Crippen LogP contribution is 2.66. The Morgan fingerprint density at radius 1 is 1.17 bits per heavy atom. The van der Waals surface area contributed by atoms with Gasteiger partial charge in [0.15, 0.2) is 0 Å². The maximum Gasteiger partial charge on any atom is 0.228 e. The third kappa shape index (κ3) is 3.32. The van der Waals surface area contributed by atoms with Gasteiger partial charge in [-0.2, -0.15) is 0 Å². The predicted octanol–water partition coefficient (Wildman–Crippen LogP) is 3.62. The van der Waals surface area contributed by atoms with E-state index in [4.69, 9.17) is 9.97 Å². The van der Waals surface area contributed by atoms with Crippen LogP contribution in [0.25, 0.3) is 0 Å². The largest absolute Gasteiger partial charge is 0.342 e. The molecule has 0 radical (unpaired) electrons. The van der Waals surface area contributed by atoms with Crippen molar-refractivity contribution in [1.29, 1.82) is 0 Å². The highest BCUT2D eigenvalue weighted by Gasteiger charge is 2.61. The summed E-state index contributed by atoms with van der Waals surface area (Å²) in [6.07, 6.45) is 8.07. The van der Waals surface area contributed by atoms with E-state index in [-0.39, 0.29) is 11.8 Å². The van der Waals surface area contributed by atoms with Gasteiger partial charge in [-0.15, -0.1) is 0 Å². The molecule has 1 atom stereocenters. The summed E-state index contributed by atoms with van der Waals surface area (Å²) in [7, 11) is 0. The molecule has 2 amide bonds. The normalized spacial score (nSPS) is 25.5. The number of piperidine rings is 1. The Morgan fingerprint density at radius 2 is 1.90 bits per heavy atom. The average molecular weight is 411 g/mol. The van der Waals surface area contributed by atoms with Crippen LogP contribution in [-0.2, 0) is 16.0 Å². The van der Waals surface area contributed by atoms with Gasteiger partial charge in [0.1, 0.15) is 11.6 Å². The van der Waals surface area contributed by atoms with Crippen LogP contribution in [0.2, 0.25) is 0 Å². The zero-order chi connectivity index (χ0) is 21.0. The molecule has 0 bridgehead atoms. The van der Waals surface area contributed by atoms with Gasteiger partial charge < -0.3 is 4.90 Å². The summed E-state index contributed by atoms with van der Waals surface area (Å²) in [5, 5.41) is 0. The van der Waals surface area contributed by atoms with E-state index < -0.39 is 0 Å². The van der Waals surface area contributed by atoms with Gasteiger partial charge in [0.2, 0.25) is 11.8 Å². The Balaban J connectivity index is 1.30. The molecule has 4 aliphatic rings. The molecular formula is C24H34N4O2. The fourth-order valence-corrected chi connectivity index (χ4v) is 5.80. The van der Waals surface area contributed by atoms with Gasteiger partial charge in [-0.05, 0) is 56.8 Å². The van der Waals surface area contributed by atoms with Crippen LogP contribution in [-0.4, -0.2) is 46.3 Å². The molecule has 3 heterocycles. The third-order valence-corrected chi connectivity index (χ3v) is 7.91. The van der Waals surface area contributed by atoms with Crippen LogP contribution < -0.4 is 4.90 Å². The number of hydrogen-bond acceptors (Lipinski definition) is 4. The van der Waals surface area contributed by atoms with E-state index in [1.165, 1.54) is 19.3 Å². The molecule has 2 aliphatic heterocycles. The minimum atomic E-state index is 0.176. The summed E-state index contributed by atoms with van der Waals surface area (Å²) >= 11 is 0. The predicted molar refractivity (Wildman–Crippen MR) is 115 cm³/mol. The number of amides is 2. The number of nitrogens with zero attached hydrogens (tertiary/aromatic N) is 4. The first-order chi connectivity index (χ1) is 14.4. The van der Waals surface area contributed by atoms with Crippen molar-refractivity contribution >= 4 is 17.6 Å². The van der Waals surface area contributed by atoms with Gasteiger partial charge in [-0.1, -0.05) is 20.3 Å². The number of carbonyl (C=O) groups is 2. The van der Waals surface area contributed by atoms with Gasteiger partial charge >= 0.3 is 0 Å². The summed E-state index contributed by atoms with van der Waals surface area (Å²) in [5.74, 6) is 3.25. The Labute approximate surface area is 179 Å². The molecular weight excluding hydrogens is 376 g/mol. The first kappa shape index (κ1) is 20.0. The molecule has 0 N–H and O–H groups in total. The van der Waals surface area contributed by atoms with Crippen molar-refractivity contribution in [3.63, 3.8) is 0 Å². The second kappa shape index (κ2) is 7.31. The molecule has 1 aromatic rings. The first-order valence-corrected chi connectivity index (χ1v) is 11.8. The van der Waals surface area contributed by atoms with E-state index in [1.54, 1.807) is 0 Å². The number of aromatic nitrogens is 2. The number of anilines is 1. The first-order valence-electron chi connectivity index (χ1n) is 11.8. The minimum absolute atomic E-state index is 0.176. The van der Waals surface area contributed by atoms with Gasteiger partial charge in [-0.25, -0.2) is 9.97 Å². The van der Waals surface area contributed by atoms with Crippen LogP contribution in [0.15, 0.2) is 0 Å². The fourth-order valence-electron chi connectivity index (χ4n) is 5.80. The molecule has 2 aliphatic carbocycles. The van der Waals surface area contributed by atoms with E-state index in [0.717, 1.165) is 61.7 Å². The summed E-state index contributed by atoms with van der Waals surface area (Å²) in [6.45, 7) is 8.65. The molecule has 2 saturated carbocycles. The number of carbonyl (C=O) groups excluding carboxylic acids is 2. The summed E-state index contributed by atoms with van der Waals surface area (Å²) < 4.78 is 0. The second-order valence-corrected chi connectivity index (χ2v) is 10.4. The number of rotatable bonds is 4. The van der Waals surface area contributed by atoms with Crippen molar-refractivity contribution in [2.75, 3.05) is 24.5 Å². The summed E-state index contributed by atoms with van der Waals surface area (Å²) in [5.41, 5.74) is 2.55. The molecule has 0 aromatic carbocycles. The van der Waals surface area contributed by atoms with Crippen LogP contribution >= 0.6 is 0 Å². The number of hydrogen-bond donors (Lipinski definition) is 0. The molecule has 5 rings (SSSR count). The van der Waals surface area contributed by atoms with Crippen LogP contribution in [0.1, 0.15) is 81.8 Å². The van der Waals surface area contributed by atoms with Crippen LogP contribution in [0.4, 0.5) is 5.82 Å². The quantitative estimate of drug-likeness (QED) is 0.760. The molecule has 1 spiro atoms. The third-order valence-electron chi connectivity index (χ3n) is 7.91. The Hall–Kier alpha value is -1.98. The second-order valence-electron chi connectivity index (χ2n) is 10.4. The molecule has 1 saturated heterocycles. The Kier molecular flexibility index (Phi) is 4.86. The van der Waals surface area contributed by atoms with Crippen LogP contribution in [0.3, 0.4) is 0 Å². The van der Waals surface area contributed by atoms with E-state index in [1.807, 2.05) is 4.90 Å². The summed E-state index contributed by atoms with van der Waals surface area (Å²) in [6, 6.07) is 0. The number of fused-ring (bicyclic) bond motifs is 1. The lowest BCUT2D eigenvalue weighted by Gasteiger charge is -2.35. The van der Waals surface area contributed by atoms with E-state index in [9.17, 15) is 9.59 Å². The lowest BCUT2D eigenvalue weighted by atomic mass is 9.79. The van der Waals surface area contributed by atoms with Crippen molar-refractivity contribution < 1.29 is 9.59 Å². The molecule has 3 fully saturated rings. The van der Waals surface area contributed by atoms with Crippen molar-refractivity contribution in [3.8, 4) is 0 Å². The van der Waals surface area contributed by atoms with E-state index >= 15 is 0 Å². The van der Waals surface area contributed by atoms with Gasteiger partial charge in [0, 0.05) is 49.1 Å². The zero-order valence-corrected chi connectivity index (χ0v) is 18.6. The van der Waals surface area contributed by atoms with Crippen molar-refractivity contribution in [2.45, 2.75) is 78.1 Å². The minimum Gasteiger partial charge on any atom is -0.342 e. The van der Waals surface area contributed by atoms with Crippen molar-refractivity contribution in [3.05, 3.63) is 17.1 Å². The Morgan fingerprint density at radius 3 is 2.50 bits per heavy atom. The number of likely N-dealkylation sites (tertiary alicyclic amines) is 1. The Bertz CT molecular complexity index is 868. The monoisotopic (exact) mass is 410 g/mol. The maximum atomic E-state index is 12.9. The molecule has 6 heteroatoms. The van der Waals surface area contributed by atoms with E-state index in [0.29, 0.717) is 36.1 Å².